The minimum Gasteiger partial charge on any atom is -0.282 e. The molecule has 0 unspecified atom stereocenters. The monoisotopic (exact) mass is 742 g/mol. The van der Waals surface area contributed by atoms with Gasteiger partial charge < -0.3 is 0 Å². The molecule has 11 aromatic rings. The number of rotatable bonds is 5. The lowest BCUT2D eigenvalue weighted by Gasteiger charge is -2.20. The van der Waals surface area contributed by atoms with Gasteiger partial charge in [-0.3, -0.25) is 5.41 Å². The molecule has 1 aromatic heterocycles. The summed E-state index contributed by atoms with van der Waals surface area (Å²) in [6.45, 7) is 0. The molecule has 0 aliphatic rings. The van der Waals surface area contributed by atoms with Gasteiger partial charge in [0.05, 0.1) is 5.71 Å². The molecule has 0 aliphatic carbocycles. The van der Waals surface area contributed by atoms with Crippen LogP contribution >= 0.6 is 11.3 Å². The van der Waals surface area contributed by atoms with Crippen LogP contribution in [0.2, 0.25) is 0 Å². The van der Waals surface area contributed by atoms with E-state index >= 15 is 0 Å². The minimum absolute atomic E-state index is 0.229. The molecule has 0 radical (unpaired) electrons. The van der Waals surface area contributed by atoms with E-state index in [1.54, 1.807) is 11.3 Å². The maximum Gasteiger partial charge on any atom is 0.152 e. The average molecular weight is 743 g/mol. The molecule has 0 amide bonds. The topological polar surface area (TPSA) is 36.2 Å². The SMILES string of the molecule is N=C(N=C(/C=C/c1c2ccccc2c(-c2c3ccccc3cc3c2ccc2ccccc23)c2ccccc12)c1ccc2c(c1)sc1ccccc12)c1ccccc1. The standard InChI is InChI=1S/C54H34N2S/c55-54(35-15-2-1-3-16-35)56-49(37-27-28-44-43-22-12-13-25-50(43)57-51(44)33-37)31-30-42-40-20-8-10-23-45(40)53(46-24-11-9-21-41(42)46)52-39-19-7-5-17-36(39)32-48-38-18-6-4-14-34(38)26-29-47(48)52/h1-33,55H/b31-30+,55-54?,56-49?. The molecule has 1 N–H and O–H groups in total. The normalized spacial score (nSPS) is 12.3. The Morgan fingerprint density at radius 1 is 0.404 bits per heavy atom. The van der Waals surface area contributed by atoms with Gasteiger partial charge in [-0.05, 0) is 94.8 Å². The summed E-state index contributed by atoms with van der Waals surface area (Å²) < 4.78 is 2.47. The summed E-state index contributed by atoms with van der Waals surface area (Å²) in [6, 6.07) is 67.1. The maximum atomic E-state index is 9.09. The first-order chi connectivity index (χ1) is 28.2. The van der Waals surface area contributed by atoms with E-state index in [0.717, 1.165) is 22.4 Å². The number of hydrogen-bond acceptors (Lipinski definition) is 2. The van der Waals surface area contributed by atoms with Gasteiger partial charge >= 0.3 is 0 Å². The molecule has 10 aromatic carbocycles. The third kappa shape index (κ3) is 5.55. The Balaban J connectivity index is 1.16. The Morgan fingerprint density at radius 2 is 0.947 bits per heavy atom. The van der Waals surface area contributed by atoms with Crippen LogP contribution in [0.1, 0.15) is 16.7 Å². The molecular weight excluding hydrogens is 709 g/mol. The number of benzene rings is 10. The first kappa shape index (κ1) is 33.2. The summed E-state index contributed by atoms with van der Waals surface area (Å²) in [5, 5.41) is 23.8. The molecule has 1 heterocycles. The fraction of sp³-hybridized carbons (Fsp3) is 0. The van der Waals surface area contributed by atoms with Crippen molar-refractivity contribution in [1.29, 1.82) is 5.41 Å². The van der Waals surface area contributed by atoms with Gasteiger partial charge in [0, 0.05) is 31.3 Å². The molecule has 0 atom stereocenters. The van der Waals surface area contributed by atoms with Crippen LogP contribution in [-0.2, 0) is 0 Å². The third-order valence-electron chi connectivity index (χ3n) is 11.4. The van der Waals surface area contributed by atoms with E-state index in [0.29, 0.717) is 0 Å². The molecule has 3 heteroatoms. The first-order valence-electron chi connectivity index (χ1n) is 19.3. The molecule has 0 fully saturated rings. The lowest BCUT2D eigenvalue weighted by molar-refractivity contribution is 1.41. The van der Waals surface area contributed by atoms with E-state index in [9.17, 15) is 0 Å². The number of hydrogen-bond donors (Lipinski definition) is 1. The lowest BCUT2D eigenvalue weighted by Crippen LogP contribution is -2.03. The molecular formula is C54H34N2S. The highest BCUT2D eigenvalue weighted by Gasteiger charge is 2.19. The molecule has 0 spiro atoms. The Bertz CT molecular complexity index is 3420. The number of nitrogens with one attached hydrogen (secondary N) is 1. The summed E-state index contributed by atoms with van der Waals surface area (Å²) in [5.41, 5.74) is 6.12. The number of fused-ring (bicyclic) bond motifs is 9. The van der Waals surface area contributed by atoms with Crippen molar-refractivity contribution in [2.45, 2.75) is 0 Å². The molecule has 2 nitrogen and oxygen atoms in total. The third-order valence-corrected chi connectivity index (χ3v) is 12.5. The van der Waals surface area contributed by atoms with Crippen LogP contribution in [0, 0.1) is 5.41 Å². The lowest BCUT2D eigenvalue weighted by atomic mass is 9.83. The smallest absolute Gasteiger partial charge is 0.152 e. The van der Waals surface area contributed by atoms with Gasteiger partial charge in [0.25, 0.3) is 0 Å². The number of allylic oxidation sites excluding steroid dienone is 1. The zero-order chi connectivity index (χ0) is 37.9. The van der Waals surface area contributed by atoms with Crippen molar-refractivity contribution in [3.63, 3.8) is 0 Å². The highest BCUT2D eigenvalue weighted by atomic mass is 32.1. The Hall–Kier alpha value is -7.20. The summed E-state index contributed by atoms with van der Waals surface area (Å²) >= 11 is 1.80. The predicted octanol–water partition coefficient (Wildman–Crippen LogP) is 15.0. The van der Waals surface area contributed by atoms with Gasteiger partial charge in [0.15, 0.2) is 5.84 Å². The van der Waals surface area contributed by atoms with Gasteiger partial charge in [-0.1, -0.05) is 176 Å². The Kier molecular flexibility index (Phi) is 7.87. The van der Waals surface area contributed by atoms with E-state index in [1.165, 1.54) is 85.2 Å². The van der Waals surface area contributed by atoms with E-state index in [2.05, 4.69) is 170 Å². The molecule has 266 valence electrons. The molecule has 0 bridgehead atoms. The van der Waals surface area contributed by atoms with Crippen molar-refractivity contribution in [2.75, 3.05) is 0 Å². The quantitative estimate of drug-likeness (QED) is 0.0789. The van der Waals surface area contributed by atoms with E-state index in [-0.39, 0.29) is 5.84 Å². The first-order valence-corrected chi connectivity index (χ1v) is 20.1. The summed E-state index contributed by atoms with van der Waals surface area (Å²) in [4.78, 5) is 5.03. The van der Waals surface area contributed by atoms with Gasteiger partial charge in [0.2, 0.25) is 0 Å². The number of aliphatic imine (C=N–C) groups is 1. The van der Waals surface area contributed by atoms with Crippen molar-refractivity contribution >= 4 is 103 Å². The second kappa shape index (κ2) is 13.5. The number of amidine groups is 1. The second-order valence-electron chi connectivity index (χ2n) is 14.6. The Labute approximate surface area is 333 Å². The van der Waals surface area contributed by atoms with Gasteiger partial charge in [-0.2, -0.15) is 0 Å². The van der Waals surface area contributed by atoms with Gasteiger partial charge in [-0.25, -0.2) is 4.99 Å². The predicted molar refractivity (Wildman–Crippen MR) is 248 cm³/mol. The van der Waals surface area contributed by atoms with E-state index in [4.69, 9.17) is 10.4 Å². The molecule has 0 aliphatic heterocycles. The molecule has 57 heavy (non-hydrogen) atoms. The molecule has 11 rings (SSSR count). The van der Waals surface area contributed by atoms with Crippen LogP contribution in [0.15, 0.2) is 199 Å². The second-order valence-corrected chi connectivity index (χ2v) is 15.7. The summed E-state index contributed by atoms with van der Waals surface area (Å²) in [7, 11) is 0. The highest BCUT2D eigenvalue weighted by molar-refractivity contribution is 7.25. The van der Waals surface area contributed by atoms with Crippen molar-refractivity contribution in [3.8, 4) is 11.1 Å². The fourth-order valence-corrected chi connectivity index (χ4v) is 9.87. The van der Waals surface area contributed by atoms with Crippen molar-refractivity contribution < 1.29 is 0 Å². The number of thiophene rings is 1. The number of nitrogens with zero attached hydrogens (tertiary/aromatic N) is 1. The van der Waals surface area contributed by atoms with Crippen LogP contribution < -0.4 is 0 Å². The van der Waals surface area contributed by atoms with Crippen molar-refractivity contribution in [3.05, 3.63) is 211 Å². The van der Waals surface area contributed by atoms with Crippen molar-refractivity contribution in [2.24, 2.45) is 4.99 Å². The largest absolute Gasteiger partial charge is 0.282 e. The molecule has 0 saturated carbocycles. The zero-order valence-electron chi connectivity index (χ0n) is 30.9. The van der Waals surface area contributed by atoms with Crippen LogP contribution in [0.3, 0.4) is 0 Å². The molecule has 0 saturated heterocycles. The minimum atomic E-state index is 0.229. The van der Waals surface area contributed by atoms with Gasteiger partial charge in [0.1, 0.15) is 0 Å². The van der Waals surface area contributed by atoms with E-state index < -0.39 is 0 Å². The zero-order valence-corrected chi connectivity index (χ0v) is 31.7. The van der Waals surface area contributed by atoms with Crippen LogP contribution in [0.25, 0.3) is 91.2 Å². The van der Waals surface area contributed by atoms with E-state index in [1.807, 2.05) is 30.3 Å². The summed E-state index contributed by atoms with van der Waals surface area (Å²) in [5.74, 6) is 0.229. The summed E-state index contributed by atoms with van der Waals surface area (Å²) in [6.07, 6.45) is 4.33. The fourth-order valence-electron chi connectivity index (χ4n) is 8.73. The van der Waals surface area contributed by atoms with Crippen molar-refractivity contribution in [1.82, 2.24) is 0 Å². The van der Waals surface area contributed by atoms with Crippen LogP contribution in [0.5, 0.6) is 0 Å². The van der Waals surface area contributed by atoms with Crippen LogP contribution in [0.4, 0.5) is 0 Å². The average Bonchev–Trinajstić information content (AvgIpc) is 3.65. The Morgan fingerprint density at radius 3 is 1.70 bits per heavy atom. The highest BCUT2D eigenvalue weighted by Crippen LogP contribution is 2.46. The van der Waals surface area contributed by atoms with Crippen LogP contribution in [-0.4, -0.2) is 11.5 Å². The maximum absolute atomic E-state index is 9.09. The van der Waals surface area contributed by atoms with Gasteiger partial charge in [-0.15, -0.1) is 11.3 Å².